The van der Waals surface area contributed by atoms with Crippen LogP contribution in [0.2, 0.25) is 0 Å². The van der Waals surface area contributed by atoms with Crippen LogP contribution in [0, 0.1) is 5.92 Å². The number of methoxy groups -OCH3 is 1. The van der Waals surface area contributed by atoms with E-state index in [4.69, 9.17) is 9.72 Å². The third-order valence-corrected chi connectivity index (χ3v) is 7.05. The van der Waals surface area contributed by atoms with Crippen molar-refractivity contribution in [3.63, 3.8) is 0 Å². The maximum Gasteiger partial charge on any atom is 0.183 e. The molecule has 1 aliphatic rings. The van der Waals surface area contributed by atoms with Crippen LogP contribution in [0.4, 0.5) is 5.13 Å². The van der Waals surface area contributed by atoms with Crippen molar-refractivity contribution in [3.8, 4) is 5.75 Å². The summed E-state index contributed by atoms with van der Waals surface area (Å²) in [5.74, 6) is 1.48. The molecule has 0 aliphatic heterocycles. The molecule has 7 heteroatoms. The van der Waals surface area contributed by atoms with E-state index < -0.39 is 0 Å². The number of nitrogens with one attached hydrogen (secondary N) is 1. The molecule has 3 heterocycles. The minimum atomic E-state index is 0.228. The number of ether oxygens (including phenoxy) is 1. The number of ketones is 1. The number of imidazole rings is 1. The van der Waals surface area contributed by atoms with Crippen molar-refractivity contribution in [1.82, 2.24) is 14.4 Å². The van der Waals surface area contributed by atoms with Gasteiger partial charge in [0.2, 0.25) is 0 Å². The van der Waals surface area contributed by atoms with Crippen LogP contribution in [0.5, 0.6) is 5.75 Å². The molecule has 1 aromatic carbocycles. The number of pyridine rings is 1. The van der Waals surface area contributed by atoms with Crippen molar-refractivity contribution in [2.45, 2.75) is 38.5 Å². The van der Waals surface area contributed by atoms with Gasteiger partial charge in [0.15, 0.2) is 5.13 Å². The lowest BCUT2D eigenvalue weighted by Crippen LogP contribution is -2.21. The number of aromatic nitrogens is 3. The highest BCUT2D eigenvalue weighted by atomic mass is 32.1. The van der Waals surface area contributed by atoms with E-state index >= 15 is 0 Å². The highest BCUT2D eigenvalue weighted by Gasteiger charge is 2.21. The van der Waals surface area contributed by atoms with Gasteiger partial charge in [0, 0.05) is 37.2 Å². The van der Waals surface area contributed by atoms with Crippen LogP contribution in [-0.4, -0.2) is 33.8 Å². The second kappa shape index (κ2) is 8.67. The maximum absolute atomic E-state index is 12.0. The Morgan fingerprint density at radius 3 is 3.06 bits per heavy atom. The number of anilines is 1. The van der Waals surface area contributed by atoms with Gasteiger partial charge >= 0.3 is 0 Å². The zero-order chi connectivity index (χ0) is 21.2. The summed E-state index contributed by atoms with van der Waals surface area (Å²) in [5, 5.41) is 4.36. The first-order valence-corrected chi connectivity index (χ1v) is 11.7. The van der Waals surface area contributed by atoms with Gasteiger partial charge in [0.05, 0.1) is 23.5 Å². The molecule has 6 nitrogen and oxygen atoms in total. The number of hydrogen-bond donors (Lipinski definition) is 1. The van der Waals surface area contributed by atoms with Gasteiger partial charge in [-0.15, -0.1) is 0 Å². The lowest BCUT2D eigenvalue weighted by molar-refractivity contribution is -0.124. The Morgan fingerprint density at radius 1 is 1.26 bits per heavy atom. The molecule has 0 saturated heterocycles. The first-order valence-electron chi connectivity index (χ1n) is 10.9. The normalized spacial score (nSPS) is 16.8. The molecule has 0 unspecified atom stereocenters. The fourth-order valence-electron chi connectivity index (χ4n) is 4.34. The number of thiazole rings is 1. The maximum atomic E-state index is 12.0. The first-order chi connectivity index (χ1) is 15.2. The van der Waals surface area contributed by atoms with Gasteiger partial charge in [0.25, 0.3) is 0 Å². The molecule has 5 rings (SSSR count). The van der Waals surface area contributed by atoms with Crippen LogP contribution >= 0.6 is 11.3 Å². The summed E-state index contributed by atoms with van der Waals surface area (Å²) in [6.45, 7) is 0.798. The molecule has 0 spiro atoms. The Kier molecular flexibility index (Phi) is 5.59. The zero-order valence-corrected chi connectivity index (χ0v) is 18.5. The Hall–Kier alpha value is -2.93. The summed E-state index contributed by atoms with van der Waals surface area (Å²) in [7, 11) is 1.67. The second-order valence-electron chi connectivity index (χ2n) is 8.17. The smallest absolute Gasteiger partial charge is 0.183 e. The fourth-order valence-corrected chi connectivity index (χ4v) is 5.30. The summed E-state index contributed by atoms with van der Waals surface area (Å²) in [4.78, 5) is 21.2. The fraction of sp³-hybridized carbons (Fsp3) is 0.375. The topological polar surface area (TPSA) is 68.5 Å². The average Bonchev–Trinajstić information content (AvgIpc) is 3.38. The minimum absolute atomic E-state index is 0.228. The van der Waals surface area contributed by atoms with Gasteiger partial charge < -0.3 is 14.5 Å². The molecule has 0 radical (unpaired) electrons. The van der Waals surface area contributed by atoms with Crippen molar-refractivity contribution < 1.29 is 9.53 Å². The van der Waals surface area contributed by atoms with E-state index in [2.05, 4.69) is 32.9 Å². The lowest BCUT2D eigenvalue weighted by Gasteiger charge is -2.20. The van der Waals surface area contributed by atoms with Gasteiger partial charge in [-0.2, -0.15) is 0 Å². The Balaban J connectivity index is 1.28. The van der Waals surface area contributed by atoms with Gasteiger partial charge in [-0.05, 0) is 49.1 Å². The molecule has 1 fully saturated rings. The molecule has 1 saturated carbocycles. The molecule has 1 N–H and O–H groups in total. The van der Waals surface area contributed by atoms with E-state index in [0.717, 1.165) is 66.4 Å². The number of fused-ring (bicyclic) bond motifs is 2. The molecule has 3 aromatic heterocycles. The van der Waals surface area contributed by atoms with Crippen LogP contribution in [0.1, 0.15) is 43.4 Å². The van der Waals surface area contributed by atoms with E-state index in [-0.39, 0.29) is 5.92 Å². The van der Waals surface area contributed by atoms with E-state index in [1.807, 2.05) is 24.5 Å². The third-order valence-electron chi connectivity index (χ3n) is 6.08. The van der Waals surface area contributed by atoms with E-state index in [9.17, 15) is 4.79 Å². The molecule has 160 valence electrons. The summed E-state index contributed by atoms with van der Waals surface area (Å²) in [6, 6.07) is 10.3. The summed E-state index contributed by atoms with van der Waals surface area (Å²) >= 11 is 1.67. The highest BCUT2D eigenvalue weighted by molar-refractivity contribution is 7.22. The average molecular weight is 435 g/mol. The third kappa shape index (κ3) is 4.28. The van der Waals surface area contributed by atoms with E-state index in [1.165, 1.54) is 16.7 Å². The highest BCUT2D eigenvalue weighted by Crippen LogP contribution is 2.29. The van der Waals surface area contributed by atoms with Crippen LogP contribution in [-0.2, 0) is 11.2 Å². The van der Waals surface area contributed by atoms with Crippen molar-refractivity contribution >= 4 is 38.1 Å². The number of carbonyl (C=O) groups is 1. The number of benzene rings is 1. The monoisotopic (exact) mass is 434 g/mol. The van der Waals surface area contributed by atoms with Crippen molar-refractivity contribution in [1.29, 1.82) is 0 Å². The summed E-state index contributed by atoms with van der Waals surface area (Å²) in [6.07, 6.45) is 9.62. The summed E-state index contributed by atoms with van der Waals surface area (Å²) < 4.78 is 8.60. The lowest BCUT2D eigenvalue weighted by atomic mass is 9.86. The van der Waals surface area contributed by atoms with Crippen LogP contribution in [0.15, 0.2) is 42.7 Å². The first kappa shape index (κ1) is 20.0. The number of rotatable bonds is 7. The van der Waals surface area contributed by atoms with Gasteiger partial charge in [0.1, 0.15) is 17.2 Å². The zero-order valence-electron chi connectivity index (χ0n) is 17.6. The number of nitrogens with zero attached hydrogens (tertiary/aromatic N) is 3. The largest absolute Gasteiger partial charge is 0.495 e. The second-order valence-corrected chi connectivity index (χ2v) is 9.20. The van der Waals surface area contributed by atoms with Crippen LogP contribution in [0.25, 0.3) is 15.9 Å². The molecule has 1 aliphatic carbocycles. The van der Waals surface area contributed by atoms with Crippen LogP contribution in [0.3, 0.4) is 0 Å². The Bertz CT molecular complexity index is 1230. The molecule has 4 aromatic rings. The molecular weight excluding hydrogens is 408 g/mol. The molecule has 0 amide bonds. The number of carbonyl (C=O) groups excluding carboxylic acids is 1. The predicted octanol–water partition coefficient (Wildman–Crippen LogP) is 5.10. The Morgan fingerprint density at radius 2 is 2.19 bits per heavy atom. The van der Waals surface area contributed by atoms with Crippen LogP contribution < -0.4 is 10.1 Å². The summed E-state index contributed by atoms with van der Waals surface area (Å²) in [5.41, 5.74) is 4.26. The van der Waals surface area contributed by atoms with E-state index in [1.54, 1.807) is 18.4 Å². The molecule has 1 atom stereocenters. The van der Waals surface area contributed by atoms with Gasteiger partial charge in [-0.3, -0.25) is 4.79 Å². The predicted molar refractivity (Wildman–Crippen MR) is 124 cm³/mol. The van der Waals surface area contributed by atoms with Crippen molar-refractivity contribution in [2.24, 2.45) is 5.92 Å². The Labute approximate surface area is 185 Å². The molecule has 0 bridgehead atoms. The number of Topliss-reactive ketones (excluding diaryl/α,β-unsaturated/α-hetero) is 1. The standard InChI is InChI=1S/C24H26N4O2S/c1-30-19-7-9-23-26-14-18(28(23)15-19)12-16-6-8-20-22(13-16)31-24(27-20)25-11-10-17-4-2-3-5-21(17)29/h6-9,13-15,17H,2-5,10-12H2,1H3,(H,25,27)/t17-/m0/s1. The van der Waals surface area contributed by atoms with Gasteiger partial charge in [-0.1, -0.05) is 23.8 Å². The van der Waals surface area contributed by atoms with Crippen molar-refractivity contribution in [3.05, 3.63) is 54.0 Å². The molecule has 31 heavy (non-hydrogen) atoms. The van der Waals surface area contributed by atoms with Crippen molar-refractivity contribution in [2.75, 3.05) is 19.0 Å². The quantitative estimate of drug-likeness (QED) is 0.438. The van der Waals surface area contributed by atoms with E-state index in [0.29, 0.717) is 5.78 Å². The number of hydrogen-bond acceptors (Lipinski definition) is 6. The SMILES string of the molecule is COc1ccc2ncc(Cc3ccc4nc(NCC[C@@H]5CCCCC5=O)sc4c3)n2c1. The van der Waals surface area contributed by atoms with Gasteiger partial charge in [-0.25, -0.2) is 9.97 Å². The minimum Gasteiger partial charge on any atom is -0.495 e. The molecular formula is C24H26N4O2S.